The Kier molecular flexibility index (Phi) is 3.49. The molecule has 5 heteroatoms. The monoisotopic (exact) mass is 322 g/mol. The van der Waals surface area contributed by atoms with Crippen molar-refractivity contribution in [1.29, 1.82) is 0 Å². The average molecular weight is 323 g/mol. The molecule has 0 amide bonds. The molecule has 0 saturated heterocycles. The number of carbonyl (C=O) groups is 1. The quantitative estimate of drug-likeness (QED) is 0.918. The maximum absolute atomic E-state index is 10.9. The van der Waals surface area contributed by atoms with Crippen LogP contribution < -0.4 is 0 Å². The van der Waals surface area contributed by atoms with Crippen molar-refractivity contribution in [3.05, 3.63) is 46.2 Å². The van der Waals surface area contributed by atoms with Gasteiger partial charge in [0.2, 0.25) is 0 Å². The predicted molar refractivity (Wildman–Crippen MR) is 76.9 cm³/mol. The smallest absolute Gasteiger partial charge is 0.357 e. The lowest BCUT2D eigenvalue weighted by Gasteiger charge is -2.19. The average Bonchev–Trinajstić information content (AvgIpc) is 2.70. The highest BCUT2D eigenvalue weighted by Gasteiger charge is 2.16. The molecule has 1 heterocycles. The van der Waals surface area contributed by atoms with Gasteiger partial charge in [-0.3, -0.25) is 0 Å². The Balaban J connectivity index is 2.38. The summed E-state index contributed by atoms with van der Waals surface area (Å²) in [5, 5.41) is 13.0. The van der Waals surface area contributed by atoms with Crippen molar-refractivity contribution in [3.8, 4) is 5.69 Å². The van der Waals surface area contributed by atoms with Gasteiger partial charge in [-0.05, 0) is 39.0 Å². The van der Waals surface area contributed by atoms with E-state index in [1.807, 2.05) is 24.3 Å². The highest BCUT2D eigenvalue weighted by atomic mass is 79.9. The highest BCUT2D eigenvalue weighted by molar-refractivity contribution is 9.10. The Morgan fingerprint density at radius 2 is 1.84 bits per heavy atom. The van der Waals surface area contributed by atoms with Crippen LogP contribution >= 0.6 is 15.9 Å². The number of aromatic carboxylic acids is 1. The molecule has 0 aliphatic carbocycles. The van der Waals surface area contributed by atoms with Crippen LogP contribution in [0.2, 0.25) is 0 Å². The molecule has 2 aromatic rings. The van der Waals surface area contributed by atoms with Crippen molar-refractivity contribution in [2.45, 2.75) is 26.2 Å². The van der Waals surface area contributed by atoms with E-state index in [-0.39, 0.29) is 11.1 Å². The third-order valence-corrected chi connectivity index (χ3v) is 3.45. The fraction of sp³-hybridized carbons (Fsp3) is 0.286. The molecule has 0 radical (unpaired) electrons. The SMILES string of the molecule is CC(C)(C)c1ccc(-n2cc(Br)c(C(=O)O)n2)cc1. The summed E-state index contributed by atoms with van der Waals surface area (Å²) in [7, 11) is 0. The van der Waals surface area contributed by atoms with Crippen molar-refractivity contribution in [1.82, 2.24) is 9.78 Å². The first-order valence-corrected chi connectivity index (χ1v) is 6.68. The Bertz CT molecular complexity index is 609. The number of carboxylic acids is 1. The molecular formula is C14H15BrN2O2. The summed E-state index contributed by atoms with van der Waals surface area (Å²) in [4.78, 5) is 10.9. The zero-order valence-electron chi connectivity index (χ0n) is 11.0. The van der Waals surface area contributed by atoms with Crippen LogP contribution in [0.1, 0.15) is 36.8 Å². The van der Waals surface area contributed by atoms with Crippen LogP contribution in [0.3, 0.4) is 0 Å². The van der Waals surface area contributed by atoms with Crippen molar-refractivity contribution in [2.75, 3.05) is 0 Å². The van der Waals surface area contributed by atoms with Gasteiger partial charge in [-0.15, -0.1) is 0 Å². The van der Waals surface area contributed by atoms with Gasteiger partial charge in [-0.2, -0.15) is 5.10 Å². The Labute approximate surface area is 120 Å². The maximum Gasteiger partial charge on any atom is 0.357 e. The second kappa shape index (κ2) is 4.81. The number of rotatable bonds is 2. The fourth-order valence-corrected chi connectivity index (χ4v) is 2.19. The Morgan fingerprint density at radius 1 is 1.26 bits per heavy atom. The normalized spacial score (nSPS) is 11.6. The fourth-order valence-electron chi connectivity index (χ4n) is 1.74. The molecule has 19 heavy (non-hydrogen) atoms. The first kappa shape index (κ1) is 13.8. The summed E-state index contributed by atoms with van der Waals surface area (Å²) >= 11 is 3.20. The standard InChI is InChI=1S/C14H15BrN2O2/c1-14(2,3)9-4-6-10(7-5-9)17-8-11(15)12(16-17)13(18)19/h4-8H,1-3H3,(H,18,19). The first-order valence-electron chi connectivity index (χ1n) is 5.88. The lowest BCUT2D eigenvalue weighted by Crippen LogP contribution is -2.11. The second-order valence-electron chi connectivity index (χ2n) is 5.37. The summed E-state index contributed by atoms with van der Waals surface area (Å²) in [5.74, 6) is -1.04. The molecule has 1 N–H and O–H groups in total. The van der Waals surface area contributed by atoms with Gasteiger partial charge < -0.3 is 5.11 Å². The third kappa shape index (κ3) is 2.87. The van der Waals surface area contributed by atoms with Gasteiger partial charge >= 0.3 is 5.97 Å². The van der Waals surface area contributed by atoms with Gasteiger partial charge in [0.1, 0.15) is 0 Å². The molecule has 0 aliphatic rings. The van der Waals surface area contributed by atoms with Crippen molar-refractivity contribution >= 4 is 21.9 Å². The second-order valence-corrected chi connectivity index (χ2v) is 6.23. The van der Waals surface area contributed by atoms with Gasteiger partial charge in [-0.1, -0.05) is 32.9 Å². The van der Waals surface area contributed by atoms with Crippen LogP contribution in [0.25, 0.3) is 5.69 Å². The first-order chi connectivity index (χ1) is 8.79. The van der Waals surface area contributed by atoms with Gasteiger partial charge in [0.15, 0.2) is 5.69 Å². The van der Waals surface area contributed by atoms with E-state index in [2.05, 4.69) is 41.8 Å². The van der Waals surface area contributed by atoms with Gasteiger partial charge in [0.05, 0.1) is 10.2 Å². The van der Waals surface area contributed by atoms with Crippen LogP contribution in [0.15, 0.2) is 34.9 Å². The number of aromatic nitrogens is 2. The number of hydrogen-bond acceptors (Lipinski definition) is 2. The summed E-state index contributed by atoms with van der Waals surface area (Å²) in [6.45, 7) is 6.44. The number of hydrogen-bond donors (Lipinski definition) is 1. The molecule has 4 nitrogen and oxygen atoms in total. The number of halogens is 1. The predicted octanol–water partition coefficient (Wildman–Crippen LogP) is 3.63. The molecule has 0 atom stereocenters. The zero-order valence-corrected chi connectivity index (χ0v) is 12.6. The summed E-state index contributed by atoms with van der Waals surface area (Å²) in [6, 6.07) is 7.94. The minimum atomic E-state index is -1.04. The Morgan fingerprint density at radius 3 is 2.26 bits per heavy atom. The molecule has 0 saturated carbocycles. The van der Waals surface area contributed by atoms with Gasteiger partial charge in [0, 0.05) is 6.20 Å². The molecule has 1 aromatic carbocycles. The lowest BCUT2D eigenvalue weighted by atomic mass is 9.87. The molecule has 2 rings (SSSR count). The molecule has 100 valence electrons. The van der Waals surface area contributed by atoms with E-state index in [0.29, 0.717) is 4.47 Å². The van der Waals surface area contributed by atoms with Gasteiger partial charge in [0.25, 0.3) is 0 Å². The minimum Gasteiger partial charge on any atom is -0.476 e. The molecule has 0 unspecified atom stereocenters. The molecule has 0 bridgehead atoms. The van der Waals surface area contributed by atoms with E-state index in [4.69, 9.17) is 5.11 Å². The molecule has 1 aromatic heterocycles. The van der Waals surface area contributed by atoms with Crippen LogP contribution in [-0.2, 0) is 5.41 Å². The highest BCUT2D eigenvalue weighted by Crippen LogP contribution is 2.24. The largest absolute Gasteiger partial charge is 0.476 e. The van der Waals surface area contributed by atoms with Crippen molar-refractivity contribution < 1.29 is 9.90 Å². The van der Waals surface area contributed by atoms with Crippen LogP contribution in [0.5, 0.6) is 0 Å². The number of benzene rings is 1. The van der Waals surface area contributed by atoms with Gasteiger partial charge in [-0.25, -0.2) is 9.48 Å². The van der Waals surface area contributed by atoms with E-state index >= 15 is 0 Å². The number of nitrogens with zero attached hydrogens (tertiary/aromatic N) is 2. The van der Waals surface area contributed by atoms with E-state index in [0.717, 1.165) is 5.69 Å². The Hall–Kier alpha value is -1.62. The van der Waals surface area contributed by atoms with Crippen molar-refractivity contribution in [3.63, 3.8) is 0 Å². The van der Waals surface area contributed by atoms with E-state index in [1.54, 1.807) is 10.9 Å². The summed E-state index contributed by atoms with van der Waals surface area (Å²) < 4.78 is 2.03. The molecule has 0 fully saturated rings. The molecule has 0 spiro atoms. The van der Waals surface area contributed by atoms with E-state index in [1.165, 1.54) is 5.56 Å². The van der Waals surface area contributed by atoms with Crippen LogP contribution in [0, 0.1) is 0 Å². The van der Waals surface area contributed by atoms with E-state index in [9.17, 15) is 4.79 Å². The molecular weight excluding hydrogens is 308 g/mol. The lowest BCUT2D eigenvalue weighted by molar-refractivity contribution is 0.0689. The number of carboxylic acid groups (broad SMARTS) is 1. The van der Waals surface area contributed by atoms with E-state index < -0.39 is 5.97 Å². The maximum atomic E-state index is 10.9. The summed E-state index contributed by atoms with van der Waals surface area (Å²) in [6.07, 6.45) is 1.65. The zero-order chi connectivity index (χ0) is 14.2. The van der Waals surface area contributed by atoms with Crippen LogP contribution in [0.4, 0.5) is 0 Å². The molecule has 0 aliphatic heterocycles. The third-order valence-electron chi connectivity index (χ3n) is 2.87. The van der Waals surface area contributed by atoms with Crippen molar-refractivity contribution in [2.24, 2.45) is 0 Å². The van der Waals surface area contributed by atoms with Crippen LogP contribution in [-0.4, -0.2) is 20.9 Å². The topological polar surface area (TPSA) is 55.1 Å². The summed E-state index contributed by atoms with van der Waals surface area (Å²) in [5.41, 5.74) is 2.16. The minimum absolute atomic E-state index is 0.0138.